The van der Waals surface area contributed by atoms with E-state index in [-0.39, 0.29) is 5.91 Å². The smallest absolute Gasteiger partial charge is 0.229 e. The predicted octanol–water partition coefficient (Wildman–Crippen LogP) is 3.78. The van der Waals surface area contributed by atoms with Crippen molar-refractivity contribution in [1.29, 1.82) is 0 Å². The lowest BCUT2D eigenvalue weighted by atomic mass is 9.94. The molecule has 7 heteroatoms. The molecule has 0 aliphatic carbocycles. The van der Waals surface area contributed by atoms with E-state index in [1.807, 2.05) is 18.7 Å². The molecule has 2 aromatic heterocycles. The van der Waals surface area contributed by atoms with E-state index in [9.17, 15) is 4.79 Å². The number of aromatic nitrogens is 2. The average Bonchev–Trinajstić information content (AvgIpc) is 2.94. The lowest BCUT2D eigenvalue weighted by Gasteiger charge is -2.38. The van der Waals surface area contributed by atoms with E-state index >= 15 is 0 Å². The summed E-state index contributed by atoms with van der Waals surface area (Å²) in [4.78, 5) is 28.8. The fourth-order valence-electron chi connectivity index (χ4n) is 3.26. The number of hydrogen-bond acceptors (Lipinski definition) is 5. The summed E-state index contributed by atoms with van der Waals surface area (Å²) in [6, 6.07) is 0. The summed E-state index contributed by atoms with van der Waals surface area (Å²) in [6.45, 7) is 13.2. The van der Waals surface area contributed by atoms with Crippen molar-refractivity contribution in [2.45, 2.75) is 41.0 Å². The Balaban J connectivity index is 1.87. The number of aryl methyl sites for hydroxylation is 3. The monoisotopic (exact) mass is 394 g/mol. The van der Waals surface area contributed by atoms with Gasteiger partial charge >= 0.3 is 0 Å². The second kappa shape index (κ2) is 7.31. The van der Waals surface area contributed by atoms with Gasteiger partial charge in [-0.15, -0.1) is 22.9 Å². The number of thiophene rings is 1. The van der Waals surface area contributed by atoms with Crippen LogP contribution in [0, 0.1) is 19.3 Å². The molecule has 3 heterocycles. The molecule has 0 spiro atoms. The molecule has 142 valence electrons. The van der Waals surface area contributed by atoms with Crippen molar-refractivity contribution < 1.29 is 4.79 Å². The van der Waals surface area contributed by atoms with E-state index in [0.29, 0.717) is 19.0 Å². The van der Waals surface area contributed by atoms with Crippen molar-refractivity contribution in [2.75, 3.05) is 37.0 Å². The van der Waals surface area contributed by atoms with Gasteiger partial charge in [-0.25, -0.2) is 9.97 Å². The first-order valence-electron chi connectivity index (χ1n) is 9.15. The van der Waals surface area contributed by atoms with E-state index in [1.165, 1.54) is 15.8 Å². The summed E-state index contributed by atoms with van der Waals surface area (Å²) in [5.74, 6) is 2.39. The molecular weight excluding hydrogens is 368 g/mol. The number of piperazine rings is 1. The minimum absolute atomic E-state index is 0.136. The van der Waals surface area contributed by atoms with Crippen molar-refractivity contribution in [3.05, 3.63) is 16.3 Å². The number of hydrogen-bond donors (Lipinski definition) is 0. The number of nitrogens with zero attached hydrogens (tertiary/aromatic N) is 4. The van der Waals surface area contributed by atoms with Crippen LogP contribution in [0.2, 0.25) is 0 Å². The van der Waals surface area contributed by atoms with Gasteiger partial charge in [0.25, 0.3) is 0 Å². The van der Waals surface area contributed by atoms with Crippen LogP contribution in [0.5, 0.6) is 0 Å². The summed E-state index contributed by atoms with van der Waals surface area (Å²) in [6.07, 6.45) is 0.821. The molecule has 2 aromatic rings. The molecule has 1 amide bonds. The number of rotatable bonds is 4. The molecule has 0 atom stereocenters. The van der Waals surface area contributed by atoms with Gasteiger partial charge in [0, 0.05) is 43.4 Å². The van der Waals surface area contributed by atoms with Gasteiger partial charge < -0.3 is 9.80 Å². The number of anilines is 1. The van der Waals surface area contributed by atoms with Crippen molar-refractivity contribution in [3.8, 4) is 0 Å². The molecule has 0 unspecified atom stereocenters. The Bertz CT molecular complexity index is 825. The van der Waals surface area contributed by atoms with Gasteiger partial charge in [-0.1, -0.05) is 6.92 Å². The van der Waals surface area contributed by atoms with Gasteiger partial charge in [-0.05, 0) is 33.3 Å². The van der Waals surface area contributed by atoms with Crippen LogP contribution in [0.1, 0.15) is 37.0 Å². The van der Waals surface area contributed by atoms with E-state index in [4.69, 9.17) is 21.6 Å². The second-order valence-corrected chi connectivity index (χ2v) is 9.05. The third-order valence-electron chi connectivity index (χ3n) is 5.15. The average molecular weight is 395 g/mol. The zero-order valence-electron chi connectivity index (χ0n) is 16.2. The predicted molar refractivity (Wildman–Crippen MR) is 110 cm³/mol. The maximum Gasteiger partial charge on any atom is 0.229 e. The Morgan fingerprint density at radius 1 is 1.19 bits per heavy atom. The summed E-state index contributed by atoms with van der Waals surface area (Å²) < 4.78 is 0. The first-order chi connectivity index (χ1) is 12.3. The van der Waals surface area contributed by atoms with Gasteiger partial charge in [0.05, 0.1) is 10.8 Å². The number of carbonyl (C=O) groups excluding carboxylic acids is 1. The molecule has 1 aliphatic rings. The number of amides is 1. The van der Waals surface area contributed by atoms with Gasteiger partial charge in [-0.3, -0.25) is 4.79 Å². The zero-order chi connectivity index (χ0) is 19.1. The molecule has 0 bridgehead atoms. The van der Waals surface area contributed by atoms with E-state index in [0.717, 1.165) is 36.0 Å². The largest absolute Gasteiger partial charge is 0.352 e. The van der Waals surface area contributed by atoms with Crippen molar-refractivity contribution in [1.82, 2.24) is 14.9 Å². The third-order valence-corrected chi connectivity index (χ3v) is 6.92. The Morgan fingerprint density at radius 3 is 2.42 bits per heavy atom. The summed E-state index contributed by atoms with van der Waals surface area (Å²) in [7, 11) is 0. The molecule has 3 rings (SSSR count). The maximum absolute atomic E-state index is 12.7. The number of carbonyl (C=O) groups is 1. The van der Waals surface area contributed by atoms with Crippen LogP contribution in [0.15, 0.2) is 0 Å². The molecule has 0 N–H and O–H groups in total. The molecule has 5 nitrogen and oxygen atoms in total. The van der Waals surface area contributed by atoms with Crippen LogP contribution in [0.4, 0.5) is 5.82 Å². The molecule has 1 fully saturated rings. The standard InChI is InChI=1S/C19H27ClN4OS/c1-6-14-21-16(15-12(2)13(3)26-17(15)22-14)23-7-9-24(10-8-23)18(25)19(4,5)11-20/h6-11H2,1-5H3. The normalized spacial score (nSPS) is 15.8. The SMILES string of the molecule is CCc1nc(N2CCN(C(=O)C(C)(C)CCl)CC2)c2c(C)c(C)sc2n1. The third kappa shape index (κ3) is 3.41. The van der Waals surface area contributed by atoms with Crippen LogP contribution in [0.25, 0.3) is 10.2 Å². The van der Waals surface area contributed by atoms with Gasteiger partial charge in [-0.2, -0.15) is 0 Å². The van der Waals surface area contributed by atoms with Gasteiger partial charge in [0.15, 0.2) is 0 Å². The first kappa shape index (κ1) is 19.4. The molecule has 0 saturated carbocycles. The van der Waals surface area contributed by atoms with Crippen LogP contribution >= 0.6 is 22.9 Å². The fourth-order valence-corrected chi connectivity index (χ4v) is 4.42. The highest BCUT2D eigenvalue weighted by Gasteiger charge is 2.33. The fraction of sp³-hybridized carbons (Fsp3) is 0.632. The Morgan fingerprint density at radius 2 is 1.85 bits per heavy atom. The Labute approximate surface area is 164 Å². The number of halogens is 1. The molecule has 1 aliphatic heterocycles. The minimum Gasteiger partial charge on any atom is -0.352 e. The van der Waals surface area contributed by atoms with Crippen LogP contribution < -0.4 is 4.90 Å². The van der Waals surface area contributed by atoms with Crippen molar-refractivity contribution >= 4 is 44.9 Å². The molecule has 0 aromatic carbocycles. The van der Waals surface area contributed by atoms with E-state index in [2.05, 4.69) is 25.7 Å². The second-order valence-electron chi connectivity index (χ2n) is 7.58. The van der Waals surface area contributed by atoms with Gasteiger partial charge in [0.2, 0.25) is 5.91 Å². The molecule has 26 heavy (non-hydrogen) atoms. The summed E-state index contributed by atoms with van der Waals surface area (Å²) in [5.41, 5.74) is 0.756. The topological polar surface area (TPSA) is 49.3 Å². The van der Waals surface area contributed by atoms with E-state index in [1.54, 1.807) is 11.3 Å². The quantitative estimate of drug-likeness (QED) is 0.740. The highest BCUT2D eigenvalue weighted by atomic mass is 35.5. The summed E-state index contributed by atoms with van der Waals surface area (Å²) >= 11 is 7.72. The van der Waals surface area contributed by atoms with Crippen molar-refractivity contribution in [2.24, 2.45) is 5.41 Å². The minimum atomic E-state index is -0.512. The summed E-state index contributed by atoms with van der Waals surface area (Å²) in [5, 5.41) is 1.17. The molecule has 0 radical (unpaired) electrons. The zero-order valence-corrected chi connectivity index (χ0v) is 17.8. The molecular formula is C19H27ClN4OS. The lowest BCUT2D eigenvalue weighted by Crippen LogP contribution is -2.52. The van der Waals surface area contributed by atoms with Crippen LogP contribution in [-0.4, -0.2) is 52.8 Å². The van der Waals surface area contributed by atoms with Gasteiger partial charge in [0.1, 0.15) is 16.5 Å². The van der Waals surface area contributed by atoms with E-state index < -0.39 is 5.41 Å². The first-order valence-corrected chi connectivity index (χ1v) is 10.5. The van der Waals surface area contributed by atoms with Crippen LogP contribution in [0.3, 0.4) is 0 Å². The number of alkyl halides is 1. The lowest BCUT2D eigenvalue weighted by molar-refractivity contribution is -0.139. The highest BCUT2D eigenvalue weighted by Crippen LogP contribution is 2.35. The number of fused-ring (bicyclic) bond motifs is 1. The maximum atomic E-state index is 12.7. The molecule has 1 saturated heterocycles. The highest BCUT2D eigenvalue weighted by molar-refractivity contribution is 7.18. The Hall–Kier alpha value is -1.40. The van der Waals surface area contributed by atoms with Crippen LogP contribution in [-0.2, 0) is 11.2 Å². The Kier molecular flexibility index (Phi) is 5.45. The van der Waals surface area contributed by atoms with Crippen molar-refractivity contribution in [3.63, 3.8) is 0 Å².